The Bertz CT molecular complexity index is 436. The molecule has 1 atom stereocenters. The van der Waals surface area contributed by atoms with Gasteiger partial charge in [0, 0.05) is 23.6 Å². The highest BCUT2D eigenvalue weighted by Crippen LogP contribution is 2.17. The van der Waals surface area contributed by atoms with Crippen molar-refractivity contribution in [1.82, 2.24) is 10.2 Å². The zero-order valence-corrected chi connectivity index (χ0v) is 12.9. The van der Waals surface area contributed by atoms with Crippen LogP contribution in [0.2, 0.25) is 0 Å². The molecule has 1 aliphatic heterocycles. The molecule has 0 aliphatic carbocycles. The van der Waals surface area contributed by atoms with E-state index >= 15 is 0 Å². The van der Waals surface area contributed by atoms with Crippen molar-refractivity contribution in [3.8, 4) is 0 Å². The third kappa shape index (κ3) is 3.96. The van der Waals surface area contributed by atoms with Gasteiger partial charge in [0.2, 0.25) is 0 Å². The van der Waals surface area contributed by atoms with Crippen LogP contribution in [0.1, 0.15) is 31.7 Å². The van der Waals surface area contributed by atoms with Gasteiger partial charge in [0.25, 0.3) is 0 Å². The van der Waals surface area contributed by atoms with Gasteiger partial charge in [-0.05, 0) is 44.2 Å². The standard InChI is InChI=1S/C15H21BrN2O/c1-12-6-4-5-11-18(12)15(19)17-10-9-13-7-2-3-8-14(13)16/h2-3,7-8,12H,4-6,9-11H2,1H3,(H,17,19). The molecule has 4 heteroatoms. The molecule has 104 valence electrons. The van der Waals surface area contributed by atoms with E-state index in [9.17, 15) is 4.79 Å². The molecule has 1 N–H and O–H groups in total. The molecular weight excluding hydrogens is 304 g/mol. The average Bonchev–Trinajstić information content (AvgIpc) is 2.41. The number of piperidine rings is 1. The van der Waals surface area contributed by atoms with Crippen molar-refractivity contribution in [1.29, 1.82) is 0 Å². The molecule has 1 unspecified atom stereocenters. The van der Waals surface area contributed by atoms with Crippen LogP contribution in [0.3, 0.4) is 0 Å². The minimum atomic E-state index is 0.0826. The van der Waals surface area contributed by atoms with Crippen molar-refractivity contribution in [3.63, 3.8) is 0 Å². The summed E-state index contributed by atoms with van der Waals surface area (Å²) in [6.45, 7) is 3.71. The van der Waals surface area contributed by atoms with Gasteiger partial charge in [-0.2, -0.15) is 0 Å². The number of hydrogen-bond acceptors (Lipinski definition) is 1. The lowest BCUT2D eigenvalue weighted by Crippen LogP contribution is -2.47. The monoisotopic (exact) mass is 324 g/mol. The maximum absolute atomic E-state index is 12.1. The van der Waals surface area contributed by atoms with Crippen LogP contribution in [-0.2, 0) is 6.42 Å². The van der Waals surface area contributed by atoms with Gasteiger partial charge in [-0.15, -0.1) is 0 Å². The number of benzene rings is 1. The van der Waals surface area contributed by atoms with Crippen LogP contribution in [0.5, 0.6) is 0 Å². The Labute approximate surface area is 123 Å². The minimum Gasteiger partial charge on any atom is -0.338 e. The summed E-state index contributed by atoms with van der Waals surface area (Å²) in [6, 6.07) is 8.59. The molecule has 0 saturated carbocycles. The molecule has 1 aromatic carbocycles. The predicted molar refractivity (Wildman–Crippen MR) is 81.3 cm³/mol. The lowest BCUT2D eigenvalue weighted by Gasteiger charge is -2.33. The van der Waals surface area contributed by atoms with Gasteiger partial charge in [-0.1, -0.05) is 34.1 Å². The van der Waals surface area contributed by atoms with Crippen LogP contribution < -0.4 is 5.32 Å². The van der Waals surface area contributed by atoms with Crippen LogP contribution in [0.15, 0.2) is 28.7 Å². The SMILES string of the molecule is CC1CCCCN1C(=O)NCCc1ccccc1Br. The van der Waals surface area contributed by atoms with Gasteiger partial charge < -0.3 is 10.2 Å². The zero-order valence-electron chi connectivity index (χ0n) is 11.4. The first-order chi connectivity index (χ1) is 9.18. The fourth-order valence-corrected chi connectivity index (χ4v) is 2.99. The molecule has 2 amide bonds. The Balaban J connectivity index is 1.79. The molecule has 1 aliphatic rings. The molecule has 0 aromatic heterocycles. The highest BCUT2D eigenvalue weighted by atomic mass is 79.9. The number of carbonyl (C=O) groups excluding carboxylic acids is 1. The van der Waals surface area contributed by atoms with E-state index in [0.29, 0.717) is 12.6 Å². The van der Waals surface area contributed by atoms with Crippen LogP contribution in [0, 0.1) is 0 Å². The van der Waals surface area contributed by atoms with Crippen LogP contribution in [0.25, 0.3) is 0 Å². The molecule has 1 saturated heterocycles. The molecule has 19 heavy (non-hydrogen) atoms. The fraction of sp³-hybridized carbons (Fsp3) is 0.533. The number of amides is 2. The first kappa shape index (κ1) is 14.4. The van der Waals surface area contributed by atoms with Crippen molar-refractivity contribution in [3.05, 3.63) is 34.3 Å². The molecule has 0 spiro atoms. The van der Waals surface area contributed by atoms with Gasteiger partial charge in [0.1, 0.15) is 0 Å². The maximum atomic E-state index is 12.1. The molecule has 1 fully saturated rings. The quantitative estimate of drug-likeness (QED) is 0.905. The second-order valence-corrected chi connectivity index (χ2v) is 5.97. The number of hydrogen-bond donors (Lipinski definition) is 1. The Kier molecular flexibility index (Phi) is 5.25. The van der Waals surface area contributed by atoms with Crippen LogP contribution in [-0.4, -0.2) is 30.1 Å². The van der Waals surface area contributed by atoms with E-state index in [4.69, 9.17) is 0 Å². The van der Waals surface area contributed by atoms with E-state index in [1.54, 1.807) is 0 Å². The lowest BCUT2D eigenvalue weighted by atomic mass is 10.0. The number of nitrogens with zero attached hydrogens (tertiary/aromatic N) is 1. The fourth-order valence-electron chi connectivity index (χ4n) is 2.51. The summed E-state index contributed by atoms with van der Waals surface area (Å²) in [5.74, 6) is 0. The second kappa shape index (κ2) is 6.94. The molecule has 0 radical (unpaired) electrons. The van der Waals surface area contributed by atoms with E-state index < -0.39 is 0 Å². The Morgan fingerprint density at radius 1 is 1.42 bits per heavy atom. The number of likely N-dealkylation sites (tertiary alicyclic amines) is 1. The van der Waals surface area contributed by atoms with Crippen LogP contribution >= 0.6 is 15.9 Å². The maximum Gasteiger partial charge on any atom is 0.317 e. The minimum absolute atomic E-state index is 0.0826. The van der Waals surface area contributed by atoms with Crippen molar-refractivity contribution in [2.45, 2.75) is 38.6 Å². The molecule has 0 bridgehead atoms. The Morgan fingerprint density at radius 3 is 2.95 bits per heavy atom. The highest BCUT2D eigenvalue weighted by Gasteiger charge is 2.22. The number of halogens is 1. The van der Waals surface area contributed by atoms with E-state index in [-0.39, 0.29) is 6.03 Å². The topological polar surface area (TPSA) is 32.3 Å². The first-order valence-corrected chi connectivity index (χ1v) is 7.75. The summed E-state index contributed by atoms with van der Waals surface area (Å²) in [5, 5.41) is 3.02. The number of rotatable bonds is 3. The molecule has 1 aromatic rings. The first-order valence-electron chi connectivity index (χ1n) is 6.96. The van der Waals surface area contributed by atoms with Gasteiger partial charge in [0.15, 0.2) is 0 Å². The van der Waals surface area contributed by atoms with Crippen molar-refractivity contribution in [2.75, 3.05) is 13.1 Å². The normalized spacial score (nSPS) is 19.3. The number of nitrogens with one attached hydrogen (secondary N) is 1. The molecule has 1 heterocycles. The summed E-state index contributed by atoms with van der Waals surface area (Å²) in [4.78, 5) is 14.0. The summed E-state index contributed by atoms with van der Waals surface area (Å²) >= 11 is 3.53. The average molecular weight is 325 g/mol. The molecule has 3 nitrogen and oxygen atoms in total. The summed E-state index contributed by atoms with van der Waals surface area (Å²) in [7, 11) is 0. The third-order valence-electron chi connectivity index (χ3n) is 3.69. The van der Waals surface area contributed by atoms with Gasteiger partial charge >= 0.3 is 6.03 Å². The van der Waals surface area contributed by atoms with E-state index in [1.165, 1.54) is 12.0 Å². The van der Waals surface area contributed by atoms with E-state index in [1.807, 2.05) is 23.1 Å². The Hall–Kier alpha value is -1.03. The lowest BCUT2D eigenvalue weighted by molar-refractivity contribution is 0.158. The highest BCUT2D eigenvalue weighted by molar-refractivity contribution is 9.10. The van der Waals surface area contributed by atoms with Crippen molar-refractivity contribution < 1.29 is 4.79 Å². The van der Waals surface area contributed by atoms with Crippen molar-refractivity contribution >= 4 is 22.0 Å². The van der Waals surface area contributed by atoms with Gasteiger partial charge in [0.05, 0.1) is 0 Å². The van der Waals surface area contributed by atoms with Crippen LogP contribution in [0.4, 0.5) is 4.79 Å². The molecular formula is C15H21BrN2O. The third-order valence-corrected chi connectivity index (χ3v) is 4.47. The summed E-state index contributed by atoms with van der Waals surface area (Å²) in [6.07, 6.45) is 4.34. The van der Waals surface area contributed by atoms with Gasteiger partial charge in [-0.3, -0.25) is 0 Å². The van der Waals surface area contributed by atoms with Gasteiger partial charge in [-0.25, -0.2) is 4.79 Å². The summed E-state index contributed by atoms with van der Waals surface area (Å²) < 4.78 is 1.11. The number of carbonyl (C=O) groups is 1. The summed E-state index contributed by atoms with van der Waals surface area (Å²) in [5.41, 5.74) is 1.23. The van der Waals surface area contributed by atoms with Crippen molar-refractivity contribution in [2.24, 2.45) is 0 Å². The predicted octanol–water partition coefficient (Wildman–Crippen LogP) is 3.58. The van der Waals surface area contributed by atoms with E-state index in [2.05, 4.69) is 34.2 Å². The van der Waals surface area contributed by atoms with E-state index in [0.717, 1.165) is 30.3 Å². The number of urea groups is 1. The zero-order chi connectivity index (χ0) is 13.7. The smallest absolute Gasteiger partial charge is 0.317 e. The molecule has 2 rings (SSSR count). The second-order valence-electron chi connectivity index (χ2n) is 5.11. The Morgan fingerprint density at radius 2 is 2.21 bits per heavy atom. The largest absolute Gasteiger partial charge is 0.338 e.